The highest BCUT2D eigenvalue weighted by Gasteiger charge is 2.12. The van der Waals surface area contributed by atoms with Crippen LogP contribution in [0.5, 0.6) is 0 Å². The number of anilines is 1. The first-order valence-corrected chi connectivity index (χ1v) is 8.30. The van der Waals surface area contributed by atoms with E-state index in [0.29, 0.717) is 10.2 Å². The van der Waals surface area contributed by atoms with Crippen molar-refractivity contribution in [2.24, 2.45) is 7.05 Å². The van der Waals surface area contributed by atoms with Gasteiger partial charge in [0.1, 0.15) is 11.6 Å². The summed E-state index contributed by atoms with van der Waals surface area (Å²) >= 11 is 7.16. The van der Waals surface area contributed by atoms with E-state index in [2.05, 4.69) is 10.3 Å². The maximum atomic E-state index is 13.5. The van der Waals surface area contributed by atoms with Crippen LogP contribution >= 0.6 is 23.4 Å². The van der Waals surface area contributed by atoms with Crippen molar-refractivity contribution in [2.45, 2.75) is 5.16 Å². The third kappa shape index (κ3) is 3.52. The molecule has 0 aliphatic carbocycles. The van der Waals surface area contributed by atoms with E-state index in [1.165, 1.54) is 17.8 Å². The molecule has 1 heterocycles. The van der Waals surface area contributed by atoms with Gasteiger partial charge in [0, 0.05) is 18.1 Å². The largest absolute Gasteiger partial charge is 0.323 e. The lowest BCUT2D eigenvalue weighted by Crippen LogP contribution is -2.15. The molecular formula is C16H12ClF2N3OS. The second-order valence-electron chi connectivity index (χ2n) is 5.05. The average Bonchev–Trinajstić information content (AvgIpc) is 2.83. The molecule has 1 amide bonds. The molecule has 0 bridgehead atoms. The molecule has 0 saturated carbocycles. The van der Waals surface area contributed by atoms with Crippen molar-refractivity contribution in [1.82, 2.24) is 9.55 Å². The molecule has 2 aromatic carbocycles. The molecule has 1 N–H and O–H groups in total. The lowest BCUT2D eigenvalue weighted by molar-refractivity contribution is -0.113. The number of thioether (sulfide) groups is 1. The number of carbonyl (C=O) groups excluding carboxylic acids is 1. The molecule has 0 aliphatic heterocycles. The maximum Gasteiger partial charge on any atom is 0.234 e. The Morgan fingerprint density at radius 1 is 1.29 bits per heavy atom. The molecule has 24 heavy (non-hydrogen) atoms. The van der Waals surface area contributed by atoms with Crippen molar-refractivity contribution in [3.63, 3.8) is 0 Å². The summed E-state index contributed by atoms with van der Waals surface area (Å²) in [4.78, 5) is 16.4. The Bertz CT molecular complexity index is 929. The normalized spacial score (nSPS) is 11.0. The minimum atomic E-state index is -0.814. The molecule has 0 spiro atoms. The molecule has 3 rings (SSSR count). The number of aryl methyl sites for hydroxylation is 1. The fourth-order valence-corrected chi connectivity index (χ4v) is 3.14. The fraction of sp³-hybridized carbons (Fsp3) is 0.125. The van der Waals surface area contributed by atoms with E-state index < -0.39 is 17.5 Å². The number of carbonyl (C=O) groups is 1. The Labute approximate surface area is 145 Å². The zero-order chi connectivity index (χ0) is 17.3. The van der Waals surface area contributed by atoms with Crippen LogP contribution in [-0.4, -0.2) is 21.2 Å². The number of imidazole rings is 1. The molecule has 0 saturated heterocycles. The topological polar surface area (TPSA) is 46.9 Å². The number of hydrogen-bond acceptors (Lipinski definition) is 3. The summed E-state index contributed by atoms with van der Waals surface area (Å²) in [6.45, 7) is 0. The first-order chi connectivity index (χ1) is 11.4. The number of hydrogen-bond donors (Lipinski definition) is 1. The maximum absolute atomic E-state index is 13.5. The van der Waals surface area contributed by atoms with Gasteiger partial charge < -0.3 is 9.88 Å². The van der Waals surface area contributed by atoms with E-state index in [4.69, 9.17) is 11.6 Å². The summed E-state index contributed by atoms with van der Waals surface area (Å²) in [5.41, 5.74) is 1.57. The van der Waals surface area contributed by atoms with Crippen LogP contribution in [0.2, 0.25) is 5.02 Å². The molecule has 0 unspecified atom stereocenters. The lowest BCUT2D eigenvalue weighted by Gasteiger charge is -2.06. The van der Waals surface area contributed by atoms with Gasteiger partial charge in [-0.05, 0) is 30.3 Å². The van der Waals surface area contributed by atoms with Crippen LogP contribution in [0.25, 0.3) is 11.0 Å². The minimum Gasteiger partial charge on any atom is -0.323 e. The quantitative estimate of drug-likeness (QED) is 0.702. The third-order valence-electron chi connectivity index (χ3n) is 3.34. The zero-order valence-corrected chi connectivity index (χ0v) is 14.1. The van der Waals surface area contributed by atoms with Gasteiger partial charge in [0.15, 0.2) is 5.16 Å². The Hall–Kier alpha value is -2.12. The number of fused-ring (bicyclic) bond motifs is 1. The van der Waals surface area contributed by atoms with Crippen molar-refractivity contribution in [3.05, 3.63) is 53.1 Å². The van der Waals surface area contributed by atoms with Crippen LogP contribution < -0.4 is 5.32 Å². The van der Waals surface area contributed by atoms with E-state index in [9.17, 15) is 13.6 Å². The van der Waals surface area contributed by atoms with Crippen LogP contribution in [0.15, 0.2) is 41.6 Å². The molecule has 8 heteroatoms. The second-order valence-corrected chi connectivity index (χ2v) is 6.43. The Morgan fingerprint density at radius 3 is 2.83 bits per heavy atom. The van der Waals surface area contributed by atoms with Crippen molar-refractivity contribution < 1.29 is 13.6 Å². The van der Waals surface area contributed by atoms with Gasteiger partial charge in [-0.3, -0.25) is 4.79 Å². The van der Waals surface area contributed by atoms with Gasteiger partial charge in [-0.25, -0.2) is 13.8 Å². The molecular weight excluding hydrogens is 356 g/mol. The standard InChI is InChI=1S/C16H12ClF2N3OS/c1-22-14-5-2-9(17)6-13(14)21-16(22)24-8-15(23)20-12-4-3-10(18)7-11(12)19/h2-7H,8H2,1H3,(H,20,23). The van der Waals surface area contributed by atoms with E-state index >= 15 is 0 Å². The number of halogens is 3. The Morgan fingerprint density at radius 2 is 2.08 bits per heavy atom. The molecule has 0 fully saturated rings. The molecule has 1 aromatic heterocycles. The van der Waals surface area contributed by atoms with Gasteiger partial charge in [0.05, 0.1) is 22.5 Å². The smallest absolute Gasteiger partial charge is 0.234 e. The SMILES string of the molecule is Cn1c(SCC(=O)Nc2ccc(F)cc2F)nc2cc(Cl)ccc21. The number of benzene rings is 2. The Balaban J connectivity index is 1.69. The lowest BCUT2D eigenvalue weighted by atomic mass is 10.3. The summed E-state index contributed by atoms with van der Waals surface area (Å²) in [7, 11) is 1.84. The van der Waals surface area contributed by atoms with Gasteiger partial charge in [-0.1, -0.05) is 23.4 Å². The molecule has 0 atom stereocenters. The van der Waals surface area contributed by atoms with Gasteiger partial charge >= 0.3 is 0 Å². The average molecular weight is 368 g/mol. The predicted octanol–water partition coefficient (Wildman–Crippen LogP) is 4.24. The Kier molecular flexibility index (Phi) is 4.73. The van der Waals surface area contributed by atoms with Crippen molar-refractivity contribution >= 4 is 46.0 Å². The van der Waals surface area contributed by atoms with Gasteiger partial charge in [0.25, 0.3) is 0 Å². The molecule has 0 radical (unpaired) electrons. The van der Waals surface area contributed by atoms with E-state index in [-0.39, 0.29) is 11.4 Å². The summed E-state index contributed by atoms with van der Waals surface area (Å²) in [6.07, 6.45) is 0. The molecule has 4 nitrogen and oxygen atoms in total. The van der Waals surface area contributed by atoms with Crippen LogP contribution in [0.3, 0.4) is 0 Å². The first kappa shape index (κ1) is 16.7. The molecule has 124 valence electrons. The summed E-state index contributed by atoms with van der Waals surface area (Å²) < 4.78 is 28.2. The molecule has 3 aromatic rings. The first-order valence-electron chi connectivity index (χ1n) is 6.94. The predicted molar refractivity (Wildman–Crippen MR) is 91.4 cm³/mol. The molecule has 0 aliphatic rings. The number of rotatable bonds is 4. The summed E-state index contributed by atoms with van der Waals surface area (Å²) in [5, 5.41) is 3.64. The van der Waals surface area contributed by atoms with Crippen LogP contribution in [0, 0.1) is 11.6 Å². The van der Waals surface area contributed by atoms with Crippen LogP contribution in [-0.2, 0) is 11.8 Å². The summed E-state index contributed by atoms with van der Waals surface area (Å²) in [6, 6.07) is 8.35. The number of nitrogens with zero attached hydrogens (tertiary/aromatic N) is 2. The second kappa shape index (κ2) is 6.78. The van der Waals surface area contributed by atoms with Crippen molar-refractivity contribution in [1.29, 1.82) is 0 Å². The summed E-state index contributed by atoms with van der Waals surface area (Å²) in [5.74, 6) is -1.87. The highest BCUT2D eigenvalue weighted by Crippen LogP contribution is 2.25. The van der Waals surface area contributed by atoms with Crippen molar-refractivity contribution in [2.75, 3.05) is 11.1 Å². The van der Waals surface area contributed by atoms with Gasteiger partial charge in [-0.2, -0.15) is 0 Å². The monoisotopic (exact) mass is 367 g/mol. The van der Waals surface area contributed by atoms with Gasteiger partial charge in [-0.15, -0.1) is 0 Å². The van der Waals surface area contributed by atoms with E-state index in [0.717, 1.165) is 23.2 Å². The van der Waals surface area contributed by atoms with Crippen LogP contribution in [0.4, 0.5) is 14.5 Å². The highest BCUT2D eigenvalue weighted by atomic mass is 35.5. The minimum absolute atomic E-state index is 0.0434. The van der Waals surface area contributed by atoms with Gasteiger partial charge in [0.2, 0.25) is 5.91 Å². The number of amides is 1. The van der Waals surface area contributed by atoms with Crippen molar-refractivity contribution in [3.8, 4) is 0 Å². The number of aromatic nitrogens is 2. The third-order valence-corrected chi connectivity index (χ3v) is 4.60. The van der Waals surface area contributed by atoms with E-state index in [1.807, 2.05) is 17.7 Å². The van der Waals surface area contributed by atoms with Crippen LogP contribution in [0.1, 0.15) is 0 Å². The zero-order valence-electron chi connectivity index (χ0n) is 12.5. The van der Waals surface area contributed by atoms with E-state index in [1.54, 1.807) is 12.1 Å². The number of nitrogens with one attached hydrogen (secondary N) is 1. The highest BCUT2D eigenvalue weighted by molar-refractivity contribution is 7.99. The fourth-order valence-electron chi connectivity index (χ4n) is 2.19.